The highest BCUT2D eigenvalue weighted by Gasteiger charge is 2.44. The van der Waals surface area contributed by atoms with Crippen LogP contribution in [0.15, 0.2) is 79.3 Å². The molecule has 32 heavy (non-hydrogen) atoms. The van der Waals surface area contributed by atoms with Gasteiger partial charge in [-0.2, -0.15) is 0 Å². The van der Waals surface area contributed by atoms with Gasteiger partial charge in [-0.05, 0) is 17.5 Å². The van der Waals surface area contributed by atoms with Crippen LogP contribution in [0.25, 0.3) is 0 Å². The molecular formula is C26H30N3O3+. The summed E-state index contributed by atoms with van der Waals surface area (Å²) in [5.74, 6) is -0.623. The first kappa shape index (κ1) is 22.1. The number of likely N-dealkylation sites (tertiary alicyclic amines) is 1. The number of aromatic nitrogens is 2. The minimum atomic E-state index is -1.84. The minimum absolute atomic E-state index is 0.248. The fourth-order valence-corrected chi connectivity index (χ4v) is 4.52. The third kappa shape index (κ3) is 4.87. The molecule has 1 N–H and O–H groups in total. The second-order valence-electron chi connectivity index (χ2n) is 8.81. The molecule has 3 aromatic rings. The third-order valence-electron chi connectivity index (χ3n) is 6.35. The zero-order valence-electron chi connectivity index (χ0n) is 18.4. The summed E-state index contributed by atoms with van der Waals surface area (Å²) in [6.07, 6.45) is 7.52. The number of benzene rings is 2. The highest BCUT2D eigenvalue weighted by Crippen LogP contribution is 2.32. The van der Waals surface area contributed by atoms with Gasteiger partial charge >= 0.3 is 5.97 Å². The molecule has 1 aromatic heterocycles. The number of esters is 1. The average Bonchev–Trinajstić information content (AvgIpc) is 2.84. The van der Waals surface area contributed by atoms with Crippen molar-refractivity contribution < 1.29 is 19.1 Å². The van der Waals surface area contributed by atoms with E-state index in [0.29, 0.717) is 17.7 Å². The number of carbonyl (C=O) groups is 1. The molecule has 1 aliphatic heterocycles. The van der Waals surface area contributed by atoms with Crippen molar-refractivity contribution in [1.29, 1.82) is 0 Å². The SMILES string of the molecule is C[N+]1(CCc2cnccn2)CCCC(OC(=O)C(O)(c2ccccc2)c2ccccc2)C1. The monoisotopic (exact) mass is 432 g/mol. The molecule has 0 bridgehead atoms. The van der Waals surface area contributed by atoms with Crippen LogP contribution in [0.3, 0.4) is 0 Å². The molecule has 1 aliphatic rings. The Labute approximate surface area is 189 Å². The summed E-state index contributed by atoms with van der Waals surface area (Å²) in [5, 5.41) is 11.6. The largest absolute Gasteiger partial charge is 0.454 e. The smallest absolute Gasteiger partial charge is 0.348 e. The number of quaternary nitrogens is 1. The van der Waals surface area contributed by atoms with Crippen molar-refractivity contribution in [3.05, 3.63) is 96.1 Å². The number of rotatable bonds is 7. The van der Waals surface area contributed by atoms with Crippen molar-refractivity contribution in [1.82, 2.24) is 9.97 Å². The Hall–Kier alpha value is -3.09. The maximum Gasteiger partial charge on any atom is 0.348 e. The molecule has 2 heterocycles. The van der Waals surface area contributed by atoms with E-state index in [1.54, 1.807) is 42.9 Å². The lowest BCUT2D eigenvalue weighted by atomic mass is 9.86. The fourth-order valence-electron chi connectivity index (χ4n) is 4.52. The van der Waals surface area contributed by atoms with Crippen LogP contribution in [0.1, 0.15) is 29.7 Å². The first-order chi connectivity index (χ1) is 15.5. The maximum absolute atomic E-state index is 13.4. The van der Waals surface area contributed by atoms with E-state index in [1.165, 1.54) is 0 Å². The fraction of sp³-hybridized carbons (Fsp3) is 0.346. The summed E-state index contributed by atoms with van der Waals surface area (Å²) in [7, 11) is 2.19. The molecule has 0 spiro atoms. The van der Waals surface area contributed by atoms with Gasteiger partial charge in [0.2, 0.25) is 5.60 Å². The van der Waals surface area contributed by atoms with Crippen LogP contribution in [0, 0.1) is 0 Å². The van der Waals surface area contributed by atoms with Crippen molar-refractivity contribution in [2.75, 3.05) is 26.7 Å². The Balaban J connectivity index is 1.49. The van der Waals surface area contributed by atoms with E-state index in [1.807, 2.05) is 36.4 Å². The van der Waals surface area contributed by atoms with Crippen molar-refractivity contribution in [2.24, 2.45) is 0 Å². The number of hydrogen-bond acceptors (Lipinski definition) is 5. The summed E-state index contributed by atoms with van der Waals surface area (Å²) in [6, 6.07) is 18.0. The zero-order valence-corrected chi connectivity index (χ0v) is 18.4. The Bertz CT molecular complexity index is 975. The number of piperidine rings is 1. The van der Waals surface area contributed by atoms with E-state index >= 15 is 0 Å². The first-order valence-electron chi connectivity index (χ1n) is 11.1. The van der Waals surface area contributed by atoms with Gasteiger partial charge in [0.1, 0.15) is 6.54 Å². The van der Waals surface area contributed by atoms with Crippen LogP contribution in [0.5, 0.6) is 0 Å². The third-order valence-corrected chi connectivity index (χ3v) is 6.35. The van der Waals surface area contributed by atoms with E-state index in [4.69, 9.17) is 4.74 Å². The summed E-state index contributed by atoms with van der Waals surface area (Å²) >= 11 is 0. The molecule has 1 fully saturated rings. The second-order valence-corrected chi connectivity index (χ2v) is 8.81. The molecule has 0 aliphatic carbocycles. The second kappa shape index (κ2) is 9.59. The Morgan fingerprint density at radius 2 is 1.75 bits per heavy atom. The van der Waals surface area contributed by atoms with Gasteiger partial charge in [-0.15, -0.1) is 0 Å². The van der Waals surface area contributed by atoms with Gasteiger partial charge in [0, 0.05) is 31.4 Å². The Kier molecular flexibility index (Phi) is 6.63. The predicted octanol–water partition coefficient (Wildman–Crippen LogP) is 3.11. The van der Waals surface area contributed by atoms with Crippen LogP contribution in [0.2, 0.25) is 0 Å². The molecule has 2 aromatic carbocycles. The van der Waals surface area contributed by atoms with E-state index in [9.17, 15) is 9.90 Å². The summed E-state index contributed by atoms with van der Waals surface area (Å²) in [4.78, 5) is 21.9. The molecule has 2 unspecified atom stereocenters. The lowest BCUT2D eigenvalue weighted by Gasteiger charge is -2.41. The normalized spacial score (nSPS) is 21.1. The molecule has 6 nitrogen and oxygen atoms in total. The molecular weight excluding hydrogens is 402 g/mol. The van der Waals surface area contributed by atoms with Crippen LogP contribution >= 0.6 is 0 Å². The summed E-state index contributed by atoms with van der Waals surface area (Å²) < 4.78 is 6.78. The van der Waals surface area contributed by atoms with Crippen molar-refractivity contribution in [3.63, 3.8) is 0 Å². The van der Waals surface area contributed by atoms with Gasteiger partial charge in [-0.3, -0.25) is 9.97 Å². The van der Waals surface area contributed by atoms with Crippen LogP contribution in [0.4, 0.5) is 0 Å². The molecule has 1 saturated heterocycles. The topological polar surface area (TPSA) is 72.3 Å². The van der Waals surface area contributed by atoms with Gasteiger partial charge in [-0.1, -0.05) is 60.7 Å². The van der Waals surface area contributed by atoms with E-state index < -0.39 is 11.6 Å². The predicted molar refractivity (Wildman–Crippen MR) is 122 cm³/mol. The Morgan fingerprint density at radius 3 is 2.34 bits per heavy atom. The highest BCUT2D eigenvalue weighted by atomic mass is 16.6. The zero-order chi connectivity index (χ0) is 22.4. The van der Waals surface area contributed by atoms with Gasteiger partial charge < -0.3 is 14.3 Å². The first-order valence-corrected chi connectivity index (χ1v) is 11.1. The molecule has 2 atom stereocenters. The lowest BCUT2D eigenvalue weighted by molar-refractivity contribution is -0.916. The van der Waals surface area contributed by atoms with Crippen LogP contribution in [-0.4, -0.2) is 58.3 Å². The van der Waals surface area contributed by atoms with Gasteiger partial charge in [-0.25, -0.2) is 4.79 Å². The number of aliphatic hydroxyl groups is 1. The standard InChI is InChI=1S/C26H30N3O3/c1-29(18-14-23-19-27-15-16-28-23)17-8-13-24(20-29)32-25(30)26(31,21-9-4-2-5-10-21)22-11-6-3-7-12-22/h2-7,9-12,15-16,19,24,31H,8,13-14,17-18,20H2,1H3/q+1. The van der Waals surface area contributed by atoms with Crippen molar-refractivity contribution in [3.8, 4) is 0 Å². The van der Waals surface area contributed by atoms with Gasteiger partial charge in [0.25, 0.3) is 0 Å². The molecule has 4 rings (SSSR count). The Morgan fingerprint density at radius 1 is 1.09 bits per heavy atom. The van der Waals surface area contributed by atoms with E-state index in [0.717, 1.165) is 42.5 Å². The molecule has 6 heteroatoms. The lowest BCUT2D eigenvalue weighted by Crippen LogP contribution is -2.55. The molecule has 0 radical (unpaired) electrons. The van der Waals surface area contributed by atoms with E-state index in [-0.39, 0.29) is 6.10 Å². The molecule has 0 amide bonds. The van der Waals surface area contributed by atoms with E-state index in [2.05, 4.69) is 17.0 Å². The average molecular weight is 433 g/mol. The maximum atomic E-state index is 13.4. The number of carbonyl (C=O) groups excluding carboxylic acids is 1. The summed E-state index contributed by atoms with van der Waals surface area (Å²) in [5.41, 5.74) is 0.135. The number of ether oxygens (including phenoxy) is 1. The summed E-state index contributed by atoms with van der Waals surface area (Å²) in [6.45, 7) is 2.63. The number of likely N-dealkylation sites (N-methyl/N-ethyl adjacent to an activating group) is 1. The van der Waals surface area contributed by atoms with Crippen molar-refractivity contribution >= 4 is 5.97 Å². The van der Waals surface area contributed by atoms with Gasteiger partial charge in [0.05, 0.1) is 25.8 Å². The molecule has 0 saturated carbocycles. The molecule has 166 valence electrons. The quantitative estimate of drug-likeness (QED) is 0.459. The van der Waals surface area contributed by atoms with Crippen LogP contribution < -0.4 is 0 Å². The van der Waals surface area contributed by atoms with Gasteiger partial charge in [0.15, 0.2) is 6.10 Å². The van der Waals surface area contributed by atoms with Crippen molar-refractivity contribution in [2.45, 2.75) is 31.0 Å². The number of hydrogen-bond donors (Lipinski definition) is 1. The minimum Gasteiger partial charge on any atom is -0.454 e. The number of nitrogens with zero attached hydrogens (tertiary/aromatic N) is 3. The van der Waals surface area contributed by atoms with Crippen LogP contribution in [-0.2, 0) is 21.6 Å². The highest BCUT2D eigenvalue weighted by molar-refractivity contribution is 5.85.